The van der Waals surface area contributed by atoms with E-state index in [9.17, 15) is 0 Å². The summed E-state index contributed by atoms with van der Waals surface area (Å²) in [6.07, 6.45) is 1.14. The van der Waals surface area contributed by atoms with Crippen molar-refractivity contribution >= 4 is 0 Å². The Morgan fingerprint density at radius 2 is 1.95 bits per heavy atom. The summed E-state index contributed by atoms with van der Waals surface area (Å²) in [5, 5.41) is 0. The van der Waals surface area contributed by atoms with Crippen molar-refractivity contribution in [2.24, 2.45) is 11.7 Å². The van der Waals surface area contributed by atoms with Gasteiger partial charge >= 0.3 is 0 Å². The minimum atomic E-state index is 0.588. The van der Waals surface area contributed by atoms with Gasteiger partial charge in [-0.2, -0.15) is 0 Å². The van der Waals surface area contributed by atoms with Crippen LogP contribution in [0.15, 0.2) is 12.1 Å². The van der Waals surface area contributed by atoms with Gasteiger partial charge in [0, 0.05) is 13.1 Å². The molecule has 0 heterocycles. The minimum Gasteiger partial charge on any atom is -0.496 e. The van der Waals surface area contributed by atoms with E-state index in [-0.39, 0.29) is 0 Å². The third-order valence-corrected chi connectivity index (χ3v) is 3.77. The molecule has 1 unspecified atom stereocenters. The third kappa shape index (κ3) is 4.51. The smallest absolute Gasteiger partial charge is 0.122 e. The van der Waals surface area contributed by atoms with E-state index in [1.54, 1.807) is 7.11 Å². The highest BCUT2D eigenvalue weighted by molar-refractivity contribution is 5.41. The number of rotatable bonds is 7. The van der Waals surface area contributed by atoms with Crippen molar-refractivity contribution in [3.8, 4) is 5.75 Å². The number of methoxy groups -OCH3 is 1. The predicted molar refractivity (Wildman–Crippen MR) is 81.6 cm³/mol. The van der Waals surface area contributed by atoms with Gasteiger partial charge in [0.1, 0.15) is 5.75 Å². The Hall–Kier alpha value is -1.06. The van der Waals surface area contributed by atoms with Crippen molar-refractivity contribution in [3.05, 3.63) is 28.8 Å². The molecule has 0 radical (unpaired) electrons. The Morgan fingerprint density at radius 3 is 2.47 bits per heavy atom. The molecule has 1 aromatic rings. The van der Waals surface area contributed by atoms with Crippen LogP contribution in [0.1, 0.15) is 30.0 Å². The molecule has 0 amide bonds. The summed E-state index contributed by atoms with van der Waals surface area (Å²) in [7, 11) is 3.89. The first kappa shape index (κ1) is 16.0. The van der Waals surface area contributed by atoms with E-state index < -0.39 is 0 Å². The molecule has 3 nitrogen and oxygen atoms in total. The van der Waals surface area contributed by atoms with Crippen LogP contribution in [0.4, 0.5) is 0 Å². The zero-order chi connectivity index (χ0) is 14.4. The van der Waals surface area contributed by atoms with Gasteiger partial charge in [-0.1, -0.05) is 19.4 Å². The Bertz CT molecular complexity index is 400. The molecule has 0 fully saturated rings. The molecule has 0 spiro atoms. The van der Waals surface area contributed by atoms with Gasteiger partial charge in [0.2, 0.25) is 0 Å². The van der Waals surface area contributed by atoms with Crippen LogP contribution in [0.5, 0.6) is 5.75 Å². The van der Waals surface area contributed by atoms with E-state index >= 15 is 0 Å². The van der Waals surface area contributed by atoms with E-state index in [2.05, 4.69) is 44.9 Å². The number of nitrogens with zero attached hydrogens (tertiary/aromatic N) is 1. The summed E-state index contributed by atoms with van der Waals surface area (Å²) in [4.78, 5) is 2.36. The van der Waals surface area contributed by atoms with Crippen LogP contribution >= 0.6 is 0 Å². The van der Waals surface area contributed by atoms with E-state index in [0.29, 0.717) is 5.92 Å². The zero-order valence-electron chi connectivity index (χ0n) is 13.0. The van der Waals surface area contributed by atoms with Gasteiger partial charge in [0.25, 0.3) is 0 Å². The topological polar surface area (TPSA) is 38.5 Å². The summed E-state index contributed by atoms with van der Waals surface area (Å²) in [6.45, 7) is 9.22. The molecule has 1 rings (SSSR count). The molecule has 0 aliphatic rings. The fourth-order valence-electron chi connectivity index (χ4n) is 2.41. The van der Waals surface area contributed by atoms with E-state index in [0.717, 1.165) is 31.8 Å². The first-order valence-electron chi connectivity index (χ1n) is 7.04. The molecule has 0 saturated heterocycles. The Labute approximate surface area is 117 Å². The maximum absolute atomic E-state index is 5.77. The van der Waals surface area contributed by atoms with Gasteiger partial charge < -0.3 is 15.4 Å². The molecule has 0 aliphatic carbocycles. The van der Waals surface area contributed by atoms with Crippen LogP contribution in [0.2, 0.25) is 0 Å². The van der Waals surface area contributed by atoms with E-state index in [4.69, 9.17) is 10.5 Å². The van der Waals surface area contributed by atoms with Crippen molar-refractivity contribution in [1.29, 1.82) is 0 Å². The number of hydrogen-bond acceptors (Lipinski definition) is 3. The lowest BCUT2D eigenvalue weighted by Gasteiger charge is -2.23. The second-order valence-corrected chi connectivity index (χ2v) is 5.46. The molecule has 3 heteroatoms. The Morgan fingerprint density at radius 1 is 1.26 bits per heavy atom. The maximum Gasteiger partial charge on any atom is 0.122 e. The third-order valence-electron chi connectivity index (χ3n) is 3.77. The van der Waals surface area contributed by atoms with Crippen LogP contribution in [0.25, 0.3) is 0 Å². The van der Waals surface area contributed by atoms with Crippen molar-refractivity contribution in [2.75, 3.05) is 27.2 Å². The molecule has 0 saturated carbocycles. The first-order chi connectivity index (χ1) is 9.01. The molecule has 0 bridgehead atoms. The van der Waals surface area contributed by atoms with E-state index in [1.165, 1.54) is 16.7 Å². The Kier molecular flexibility index (Phi) is 6.32. The van der Waals surface area contributed by atoms with Crippen molar-refractivity contribution in [2.45, 2.75) is 33.7 Å². The summed E-state index contributed by atoms with van der Waals surface area (Å²) >= 11 is 0. The summed E-state index contributed by atoms with van der Waals surface area (Å²) < 4.78 is 5.35. The number of nitrogens with two attached hydrogens (primary N) is 1. The van der Waals surface area contributed by atoms with Gasteiger partial charge in [-0.15, -0.1) is 0 Å². The normalized spacial score (nSPS) is 12.8. The second kappa shape index (κ2) is 7.51. The maximum atomic E-state index is 5.77. The molecule has 2 N–H and O–H groups in total. The van der Waals surface area contributed by atoms with E-state index in [1.807, 2.05) is 0 Å². The highest BCUT2D eigenvalue weighted by Crippen LogP contribution is 2.23. The SMILES string of the molecule is CCC(CN)CN(C)Cc1cc(C)c(OC)cc1C. The average molecular weight is 264 g/mol. The van der Waals surface area contributed by atoms with Crippen LogP contribution in [-0.4, -0.2) is 32.1 Å². The number of aryl methyl sites for hydroxylation is 2. The number of benzene rings is 1. The summed E-state index contributed by atoms with van der Waals surface area (Å²) in [5.74, 6) is 1.56. The molecule has 1 atom stereocenters. The Balaban J connectivity index is 2.74. The zero-order valence-corrected chi connectivity index (χ0v) is 13.0. The fourth-order valence-corrected chi connectivity index (χ4v) is 2.41. The van der Waals surface area contributed by atoms with Crippen LogP contribution in [-0.2, 0) is 6.54 Å². The lowest BCUT2D eigenvalue weighted by molar-refractivity contribution is 0.267. The lowest BCUT2D eigenvalue weighted by atomic mass is 10.0. The summed E-state index contributed by atoms with van der Waals surface area (Å²) in [6, 6.07) is 4.35. The number of ether oxygens (including phenoxy) is 1. The average Bonchev–Trinajstić information content (AvgIpc) is 2.39. The molecular formula is C16H28N2O. The highest BCUT2D eigenvalue weighted by atomic mass is 16.5. The highest BCUT2D eigenvalue weighted by Gasteiger charge is 2.11. The quantitative estimate of drug-likeness (QED) is 0.823. The van der Waals surface area contributed by atoms with Crippen molar-refractivity contribution in [3.63, 3.8) is 0 Å². The van der Waals surface area contributed by atoms with Gasteiger partial charge in [-0.05, 0) is 56.1 Å². The van der Waals surface area contributed by atoms with Crippen molar-refractivity contribution in [1.82, 2.24) is 4.90 Å². The second-order valence-electron chi connectivity index (χ2n) is 5.46. The first-order valence-corrected chi connectivity index (χ1v) is 7.04. The van der Waals surface area contributed by atoms with Crippen LogP contribution in [0.3, 0.4) is 0 Å². The van der Waals surface area contributed by atoms with Gasteiger partial charge in [-0.3, -0.25) is 0 Å². The largest absolute Gasteiger partial charge is 0.496 e. The lowest BCUT2D eigenvalue weighted by Crippen LogP contribution is -2.29. The predicted octanol–water partition coefficient (Wildman–Crippen LogP) is 2.73. The van der Waals surface area contributed by atoms with Crippen molar-refractivity contribution < 1.29 is 4.74 Å². The number of hydrogen-bond donors (Lipinski definition) is 1. The standard InChI is InChI=1S/C16H28N2O/c1-6-14(9-17)10-18(4)11-15-7-13(3)16(19-5)8-12(15)2/h7-8,14H,6,9-11,17H2,1-5H3. The monoisotopic (exact) mass is 264 g/mol. The summed E-state index contributed by atoms with van der Waals surface area (Å²) in [5.41, 5.74) is 9.63. The molecule has 108 valence electrons. The van der Waals surface area contributed by atoms with Gasteiger partial charge in [0.15, 0.2) is 0 Å². The van der Waals surface area contributed by atoms with Crippen LogP contribution < -0.4 is 10.5 Å². The minimum absolute atomic E-state index is 0.588. The molecule has 19 heavy (non-hydrogen) atoms. The fraction of sp³-hybridized carbons (Fsp3) is 0.625. The van der Waals surface area contributed by atoms with Crippen LogP contribution in [0, 0.1) is 19.8 Å². The molecular weight excluding hydrogens is 236 g/mol. The van der Waals surface area contributed by atoms with Gasteiger partial charge in [0.05, 0.1) is 7.11 Å². The molecule has 0 aromatic heterocycles. The molecule has 1 aromatic carbocycles. The molecule has 0 aliphatic heterocycles. The van der Waals surface area contributed by atoms with Gasteiger partial charge in [-0.25, -0.2) is 0 Å².